The molecule has 1 aliphatic heterocycles. The Morgan fingerprint density at radius 3 is 2.86 bits per heavy atom. The molecule has 2 N–H and O–H groups in total. The maximum absolute atomic E-state index is 11.8. The first-order chi connectivity index (χ1) is 18.1. The summed E-state index contributed by atoms with van der Waals surface area (Å²) in [6.07, 6.45) is 4.59. The lowest BCUT2D eigenvalue weighted by atomic mass is 9.98. The van der Waals surface area contributed by atoms with Crippen molar-refractivity contribution in [3.05, 3.63) is 59.0 Å². The first-order valence-corrected chi connectivity index (χ1v) is 14.6. The van der Waals surface area contributed by atoms with E-state index < -0.39 is 6.10 Å². The van der Waals surface area contributed by atoms with Gasteiger partial charge in [0.1, 0.15) is 0 Å². The van der Waals surface area contributed by atoms with Gasteiger partial charge in [-0.15, -0.1) is 23.1 Å². The van der Waals surface area contributed by atoms with Gasteiger partial charge in [-0.3, -0.25) is 0 Å². The third-order valence-electron chi connectivity index (χ3n) is 6.44. The number of carbonyl (C=O) groups excluding carboxylic acids is 1. The second kappa shape index (κ2) is 13.9. The number of aromatic nitrogens is 1. The minimum absolute atomic E-state index is 0.329. The summed E-state index contributed by atoms with van der Waals surface area (Å²) in [7, 11) is 1.58. The average molecular weight is 542 g/mol. The summed E-state index contributed by atoms with van der Waals surface area (Å²) >= 11 is 3.70. The number of methoxy groups -OCH3 is 1. The lowest BCUT2D eigenvalue weighted by Crippen LogP contribution is -2.44. The number of esters is 1. The number of fused-ring (bicyclic) bond motifs is 1. The van der Waals surface area contributed by atoms with Crippen LogP contribution in [0.5, 0.6) is 5.88 Å². The van der Waals surface area contributed by atoms with E-state index in [2.05, 4.69) is 32.7 Å². The normalized spacial score (nSPS) is 15.9. The molecule has 0 aliphatic carbocycles. The molecule has 3 aromatic rings. The second-order valence-corrected chi connectivity index (χ2v) is 11.2. The number of β-amino-alcohol motifs (C(OH)–C–C–N with tert-alkyl or cyclic N) is 1. The number of pyridine rings is 1. The highest BCUT2D eigenvalue weighted by Crippen LogP contribution is 2.30. The van der Waals surface area contributed by atoms with E-state index in [1.54, 1.807) is 37.5 Å². The number of nitrogens with zero attached hydrogens (tertiary/aromatic N) is 2. The molecule has 198 valence electrons. The molecule has 0 radical (unpaired) electrons. The molecule has 1 aromatic carbocycles. The van der Waals surface area contributed by atoms with Crippen molar-refractivity contribution >= 4 is 46.0 Å². The molecule has 2 aromatic heterocycles. The zero-order valence-corrected chi connectivity index (χ0v) is 23.0. The molecule has 3 heterocycles. The van der Waals surface area contributed by atoms with Crippen molar-refractivity contribution in [3.8, 4) is 5.88 Å². The Hall–Kier alpha value is -2.43. The van der Waals surface area contributed by atoms with Crippen molar-refractivity contribution in [2.24, 2.45) is 0 Å². The van der Waals surface area contributed by atoms with Gasteiger partial charge in [-0.2, -0.15) is 0 Å². The van der Waals surface area contributed by atoms with Crippen molar-refractivity contribution in [1.82, 2.24) is 15.2 Å². The number of nitrogens with one attached hydrogen (secondary N) is 1. The smallest absolute Gasteiger partial charge is 0.330 e. The SMILES string of the molecule is CCOC(=O)/C=C/c1ccc(C(O)CN2CCC(NCCSc3cccs3)CC2)c2nc(OC)ccc12. The number of thiophene rings is 1. The molecule has 1 unspecified atom stereocenters. The molecule has 1 aliphatic rings. The first-order valence-electron chi connectivity index (χ1n) is 12.7. The van der Waals surface area contributed by atoms with E-state index in [1.807, 2.05) is 30.0 Å². The van der Waals surface area contributed by atoms with E-state index in [1.165, 1.54) is 10.3 Å². The number of likely N-dealkylation sites (tertiary alicyclic amines) is 1. The number of aliphatic hydroxyl groups excluding tert-OH is 1. The number of rotatable bonds is 12. The summed E-state index contributed by atoms with van der Waals surface area (Å²) in [5, 5.41) is 17.9. The number of thioether (sulfide) groups is 1. The predicted octanol–water partition coefficient (Wildman–Crippen LogP) is 4.76. The Labute approximate surface area is 226 Å². The number of benzene rings is 1. The van der Waals surface area contributed by atoms with E-state index in [-0.39, 0.29) is 5.97 Å². The summed E-state index contributed by atoms with van der Waals surface area (Å²) in [6, 6.07) is 12.3. The van der Waals surface area contributed by atoms with Crippen LogP contribution in [0.4, 0.5) is 0 Å². The highest BCUT2D eigenvalue weighted by Gasteiger charge is 2.23. The molecule has 0 saturated carbocycles. The minimum atomic E-state index is -0.683. The number of hydrogen-bond donors (Lipinski definition) is 2. The standard InChI is InChI=1S/C28H35N3O4S2/c1-3-35-26(33)11-7-20-6-8-23(28-22(20)9-10-25(30-28)34-2)24(32)19-31-15-12-21(13-16-31)29-14-18-37-27-5-4-17-36-27/h4-11,17,21,24,29,32H,3,12-16,18-19H2,1-2H3/b11-7+. The minimum Gasteiger partial charge on any atom is -0.481 e. The van der Waals surface area contributed by atoms with Gasteiger partial charge in [0.15, 0.2) is 0 Å². The maximum atomic E-state index is 11.8. The van der Waals surface area contributed by atoms with Gasteiger partial charge in [-0.05, 0) is 62.0 Å². The van der Waals surface area contributed by atoms with Crippen LogP contribution in [0.15, 0.2) is 52.1 Å². The Bertz CT molecular complexity index is 1180. The van der Waals surface area contributed by atoms with Crippen molar-refractivity contribution in [1.29, 1.82) is 0 Å². The van der Waals surface area contributed by atoms with Crippen LogP contribution in [0.25, 0.3) is 17.0 Å². The Morgan fingerprint density at radius 2 is 2.14 bits per heavy atom. The molecule has 9 heteroatoms. The van der Waals surface area contributed by atoms with Gasteiger partial charge >= 0.3 is 5.97 Å². The number of piperidine rings is 1. The number of hydrogen-bond acceptors (Lipinski definition) is 9. The van der Waals surface area contributed by atoms with Gasteiger partial charge in [0, 0.05) is 48.0 Å². The topological polar surface area (TPSA) is 83.9 Å². The Kier molecular flexibility index (Phi) is 10.4. The van der Waals surface area contributed by atoms with Crippen LogP contribution >= 0.6 is 23.1 Å². The third kappa shape index (κ3) is 7.78. The van der Waals surface area contributed by atoms with Crippen molar-refractivity contribution in [2.45, 2.75) is 36.1 Å². The van der Waals surface area contributed by atoms with Gasteiger partial charge in [0.05, 0.1) is 29.5 Å². The Morgan fingerprint density at radius 1 is 1.30 bits per heavy atom. The Balaban J connectivity index is 1.35. The molecule has 1 saturated heterocycles. The predicted molar refractivity (Wildman–Crippen MR) is 151 cm³/mol. The van der Waals surface area contributed by atoms with Gasteiger partial charge in [-0.25, -0.2) is 9.78 Å². The molecule has 1 fully saturated rings. The van der Waals surface area contributed by atoms with Gasteiger partial charge in [-0.1, -0.05) is 18.2 Å². The van der Waals surface area contributed by atoms with Crippen LogP contribution < -0.4 is 10.1 Å². The summed E-state index contributed by atoms with van der Waals surface area (Å²) < 4.78 is 11.7. The van der Waals surface area contributed by atoms with E-state index >= 15 is 0 Å². The quantitative estimate of drug-likeness (QED) is 0.147. The summed E-state index contributed by atoms with van der Waals surface area (Å²) in [6.45, 7) is 5.55. The molecular weight excluding hydrogens is 506 g/mol. The molecule has 4 rings (SSSR count). The highest BCUT2D eigenvalue weighted by atomic mass is 32.2. The fraction of sp³-hybridized carbons (Fsp3) is 0.429. The third-order valence-corrected chi connectivity index (χ3v) is 8.58. The molecule has 7 nitrogen and oxygen atoms in total. The monoisotopic (exact) mass is 541 g/mol. The van der Waals surface area contributed by atoms with Crippen molar-refractivity contribution < 1.29 is 19.4 Å². The molecule has 37 heavy (non-hydrogen) atoms. The summed E-state index contributed by atoms with van der Waals surface area (Å²) in [4.78, 5) is 18.8. The molecule has 0 spiro atoms. The summed E-state index contributed by atoms with van der Waals surface area (Å²) in [5.41, 5.74) is 2.27. The molecule has 1 atom stereocenters. The average Bonchev–Trinajstić information content (AvgIpc) is 3.44. The largest absolute Gasteiger partial charge is 0.481 e. The lowest BCUT2D eigenvalue weighted by molar-refractivity contribution is -0.137. The van der Waals surface area contributed by atoms with Crippen LogP contribution in [-0.4, -0.2) is 72.7 Å². The van der Waals surface area contributed by atoms with Crippen LogP contribution in [0.1, 0.15) is 37.0 Å². The van der Waals surface area contributed by atoms with Crippen LogP contribution in [-0.2, 0) is 9.53 Å². The maximum Gasteiger partial charge on any atom is 0.330 e. The van der Waals surface area contributed by atoms with Gasteiger partial charge in [0.2, 0.25) is 5.88 Å². The van der Waals surface area contributed by atoms with Crippen molar-refractivity contribution in [2.75, 3.05) is 45.6 Å². The molecule has 0 amide bonds. The van der Waals surface area contributed by atoms with E-state index in [0.717, 1.165) is 54.7 Å². The zero-order chi connectivity index (χ0) is 26.0. The second-order valence-electron chi connectivity index (χ2n) is 8.90. The van der Waals surface area contributed by atoms with Crippen LogP contribution in [0.3, 0.4) is 0 Å². The first kappa shape index (κ1) is 27.6. The molecular formula is C28H35N3O4S2. The number of aliphatic hydroxyl groups is 1. The molecule has 0 bridgehead atoms. The van der Waals surface area contributed by atoms with Gasteiger partial charge in [0.25, 0.3) is 0 Å². The fourth-order valence-corrected chi connectivity index (χ4v) is 6.27. The fourth-order valence-electron chi connectivity index (χ4n) is 4.54. The van der Waals surface area contributed by atoms with Crippen LogP contribution in [0, 0.1) is 0 Å². The van der Waals surface area contributed by atoms with Gasteiger partial charge < -0.3 is 24.8 Å². The van der Waals surface area contributed by atoms with E-state index in [4.69, 9.17) is 9.47 Å². The van der Waals surface area contributed by atoms with Crippen LogP contribution in [0.2, 0.25) is 0 Å². The number of ether oxygens (including phenoxy) is 2. The van der Waals surface area contributed by atoms with E-state index in [0.29, 0.717) is 30.6 Å². The number of carbonyl (C=O) groups is 1. The van der Waals surface area contributed by atoms with Crippen molar-refractivity contribution in [3.63, 3.8) is 0 Å². The zero-order valence-electron chi connectivity index (χ0n) is 21.4. The van der Waals surface area contributed by atoms with E-state index in [9.17, 15) is 9.90 Å². The lowest BCUT2D eigenvalue weighted by Gasteiger charge is -2.33. The summed E-state index contributed by atoms with van der Waals surface area (Å²) in [5.74, 6) is 1.17. The highest BCUT2D eigenvalue weighted by molar-refractivity contribution is 8.01.